The van der Waals surface area contributed by atoms with Crippen LogP contribution in [0, 0.1) is 0 Å². The molecule has 0 aromatic heterocycles. The number of carboxylic acids is 1. The maximum absolute atomic E-state index is 10.4. The van der Waals surface area contributed by atoms with E-state index in [2.05, 4.69) is 6.92 Å². The molecule has 0 spiro atoms. The van der Waals surface area contributed by atoms with E-state index >= 15 is 0 Å². The van der Waals surface area contributed by atoms with E-state index in [1.807, 2.05) is 0 Å². The van der Waals surface area contributed by atoms with Gasteiger partial charge in [0.2, 0.25) is 0 Å². The Kier molecular flexibility index (Phi) is 30.3. The number of carboxylic acid groups (broad SMARTS) is 1. The van der Waals surface area contributed by atoms with Crippen molar-refractivity contribution in [1.82, 2.24) is 0 Å². The number of unbranched alkanes of at least 4 members (excludes halogenated alkanes) is 22. The average Bonchev–Trinajstić information content (AvgIpc) is 2.68. The van der Waals surface area contributed by atoms with E-state index in [0.29, 0.717) is 6.42 Å². The SMILES string of the molecule is CCCCCCCCCCCCCCCCCCCCCCCCCC(=O)O.[Zn]. The molecule has 0 aromatic carbocycles. The standard InChI is InChI=1S/C26H52O2.Zn/c1-2-3-4-5-6-7-8-9-10-11-12-13-14-15-16-17-18-19-20-21-22-23-24-25-26(27)28;/h2-25H2,1H3,(H,27,28);. The van der Waals surface area contributed by atoms with Crippen LogP contribution in [0.15, 0.2) is 0 Å². The number of hydrogen-bond acceptors (Lipinski definition) is 1. The van der Waals surface area contributed by atoms with Crippen LogP contribution in [-0.2, 0) is 24.3 Å². The van der Waals surface area contributed by atoms with Crippen LogP contribution >= 0.6 is 0 Å². The predicted molar refractivity (Wildman–Crippen MR) is 124 cm³/mol. The maximum atomic E-state index is 10.4. The van der Waals surface area contributed by atoms with Gasteiger partial charge in [0.25, 0.3) is 0 Å². The number of hydrogen-bond donors (Lipinski definition) is 1. The van der Waals surface area contributed by atoms with Gasteiger partial charge in [-0.15, -0.1) is 0 Å². The Bertz CT molecular complexity index is 307. The van der Waals surface area contributed by atoms with E-state index in [0.717, 1.165) is 12.8 Å². The Morgan fingerprint density at radius 2 is 0.655 bits per heavy atom. The van der Waals surface area contributed by atoms with Crippen molar-refractivity contribution in [1.29, 1.82) is 0 Å². The summed E-state index contributed by atoms with van der Waals surface area (Å²) in [6.45, 7) is 2.29. The van der Waals surface area contributed by atoms with Crippen LogP contribution in [0.25, 0.3) is 0 Å². The fourth-order valence-electron chi connectivity index (χ4n) is 4.06. The summed E-state index contributed by atoms with van der Waals surface area (Å²) in [6, 6.07) is 0. The molecular weight excluding hydrogens is 410 g/mol. The van der Waals surface area contributed by atoms with Crippen molar-refractivity contribution in [2.45, 2.75) is 161 Å². The van der Waals surface area contributed by atoms with E-state index in [-0.39, 0.29) is 19.5 Å². The second-order valence-corrected chi connectivity index (χ2v) is 8.92. The van der Waals surface area contributed by atoms with Crippen molar-refractivity contribution in [2.24, 2.45) is 0 Å². The van der Waals surface area contributed by atoms with Gasteiger partial charge < -0.3 is 5.11 Å². The Morgan fingerprint density at radius 3 is 0.862 bits per heavy atom. The first-order chi connectivity index (χ1) is 13.8. The van der Waals surface area contributed by atoms with Gasteiger partial charge in [0.1, 0.15) is 0 Å². The number of rotatable bonds is 24. The van der Waals surface area contributed by atoms with Gasteiger partial charge in [-0.05, 0) is 6.42 Å². The summed E-state index contributed by atoms with van der Waals surface area (Å²) in [7, 11) is 0. The number of aliphatic carboxylic acids is 1. The van der Waals surface area contributed by atoms with Gasteiger partial charge in [0.05, 0.1) is 0 Å². The zero-order valence-electron chi connectivity index (χ0n) is 20.0. The molecule has 0 unspecified atom stereocenters. The topological polar surface area (TPSA) is 37.3 Å². The molecule has 0 fully saturated rings. The zero-order valence-corrected chi connectivity index (χ0v) is 23.0. The Labute approximate surface area is 196 Å². The maximum Gasteiger partial charge on any atom is 0.303 e. The van der Waals surface area contributed by atoms with E-state index in [1.54, 1.807) is 0 Å². The van der Waals surface area contributed by atoms with Gasteiger partial charge in [-0.1, -0.05) is 148 Å². The molecule has 0 rings (SSSR count). The van der Waals surface area contributed by atoms with Crippen LogP contribution in [0.1, 0.15) is 161 Å². The minimum absolute atomic E-state index is 0. The molecule has 0 saturated heterocycles. The summed E-state index contributed by atoms with van der Waals surface area (Å²) >= 11 is 0. The summed E-state index contributed by atoms with van der Waals surface area (Å²) in [4.78, 5) is 10.4. The molecule has 3 heteroatoms. The largest absolute Gasteiger partial charge is 0.481 e. The molecular formula is C26H52O2Zn. The molecule has 0 aliphatic rings. The van der Waals surface area contributed by atoms with Gasteiger partial charge in [-0.2, -0.15) is 0 Å². The van der Waals surface area contributed by atoms with Crippen LogP contribution in [-0.4, -0.2) is 11.1 Å². The van der Waals surface area contributed by atoms with Gasteiger partial charge in [0, 0.05) is 25.9 Å². The third kappa shape index (κ3) is 30.4. The molecule has 2 nitrogen and oxygen atoms in total. The first-order valence-corrected chi connectivity index (χ1v) is 13.0. The van der Waals surface area contributed by atoms with Crippen LogP contribution in [0.3, 0.4) is 0 Å². The fourth-order valence-corrected chi connectivity index (χ4v) is 4.06. The monoisotopic (exact) mass is 460 g/mol. The molecule has 0 saturated carbocycles. The summed E-state index contributed by atoms with van der Waals surface area (Å²) in [5, 5.41) is 8.59. The van der Waals surface area contributed by atoms with E-state index in [4.69, 9.17) is 5.11 Å². The van der Waals surface area contributed by atoms with Crippen LogP contribution in [0.4, 0.5) is 0 Å². The van der Waals surface area contributed by atoms with Crippen molar-refractivity contribution in [3.8, 4) is 0 Å². The number of carbonyl (C=O) groups is 1. The molecule has 170 valence electrons. The van der Waals surface area contributed by atoms with Crippen molar-refractivity contribution in [3.63, 3.8) is 0 Å². The zero-order chi connectivity index (χ0) is 20.5. The van der Waals surface area contributed by atoms with Crippen molar-refractivity contribution in [3.05, 3.63) is 0 Å². The Hall–Kier alpha value is 0.0934. The van der Waals surface area contributed by atoms with E-state index in [9.17, 15) is 4.79 Å². The fraction of sp³-hybridized carbons (Fsp3) is 0.962. The second kappa shape index (κ2) is 28.1. The summed E-state index contributed by atoms with van der Waals surface area (Å²) in [5.41, 5.74) is 0. The smallest absolute Gasteiger partial charge is 0.303 e. The minimum Gasteiger partial charge on any atom is -0.481 e. The summed E-state index contributed by atoms with van der Waals surface area (Å²) in [6.07, 6.45) is 32.0. The molecule has 0 heterocycles. The first kappa shape index (κ1) is 31.3. The van der Waals surface area contributed by atoms with Gasteiger partial charge in [0.15, 0.2) is 0 Å². The molecule has 0 aromatic rings. The van der Waals surface area contributed by atoms with Gasteiger partial charge >= 0.3 is 5.97 Å². The second-order valence-electron chi connectivity index (χ2n) is 8.92. The summed E-state index contributed by atoms with van der Waals surface area (Å²) in [5.74, 6) is -0.650. The third-order valence-electron chi connectivity index (χ3n) is 5.99. The normalized spacial score (nSPS) is 10.8. The molecule has 0 radical (unpaired) electrons. The molecule has 0 aliphatic heterocycles. The summed E-state index contributed by atoms with van der Waals surface area (Å²) < 4.78 is 0. The Morgan fingerprint density at radius 1 is 0.448 bits per heavy atom. The van der Waals surface area contributed by atoms with Crippen molar-refractivity contribution >= 4 is 5.97 Å². The minimum atomic E-state index is -0.650. The third-order valence-corrected chi connectivity index (χ3v) is 5.99. The van der Waals surface area contributed by atoms with Gasteiger partial charge in [-0.3, -0.25) is 4.79 Å². The predicted octanol–water partition coefficient (Wildman–Crippen LogP) is 9.45. The molecule has 0 atom stereocenters. The molecule has 0 amide bonds. The first-order valence-electron chi connectivity index (χ1n) is 13.0. The quantitative estimate of drug-likeness (QED) is 0.115. The average molecular weight is 462 g/mol. The van der Waals surface area contributed by atoms with Crippen molar-refractivity contribution < 1.29 is 29.4 Å². The molecule has 29 heavy (non-hydrogen) atoms. The van der Waals surface area contributed by atoms with Crippen LogP contribution < -0.4 is 0 Å². The van der Waals surface area contributed by atoms with E-state index in [1.165, 1.54) is 135 Å². The molecule has 0 bridgehead atoms. The molecule has 0 aliphatic carbocycles. The van der Waals surface area contributed by atoms with E-state index < -0.39 is 5.97 Å². The van der Waals surface area contributed by atoms with Crippen molar-refractivity contribution in [2.75, 3.05) is 0 Å². The van der Waals surface area contributed by atoms with Crippen LogP contribution in [0.5, 0.6) is 0 Å². The van der Waals surface area contributed by atoms with Crippen LogP contribution in [0.2, 0.25) is 0 Å². The van der Waals surface area contributed by atoms with Gasteiger partial charge in [-0.25, -0.2) is 0 Å². The molecule has 1 N–H and O–H groups in total. The Balaban J connectivity index is 0.